The van der Waals surface area contributed by atoms with Gasteiger partial charge in [0.2, 0.25) is 0 Å². The van der Waals surface area contributed by atoms with Gasteiger partial charge in [0, 0.05) is 0 Å². The lowest BCUT2D eigenvalue weighted by Crippen LogP contribution is -1.86. The van der Waals surface area contributed by atoms with Gasteiger partial charge in [-0.1, -0.05) is 11.8 Å². The molecule has 12 heavy (non-hydrogen) atoms. The third kappa shape index (κ3) is 2.98. The molecule has 0 aromatic carbocycles. The highest BCUT2D eigenvalue weighted by Crippen LogP contribution is 2.38. The Hall–Kier alpha value is -0.290. The minimum atomic E-state index is -4.02. The zero-order valence-corrected chi connectivity index (χ0v) is 8.01. The molecule has 0 amide bonds. The molecule has 68 valence electrons. The Kier molecular flexibility index (Phi) is 2.95. The van der Waals surface area contributed by atoms with Crippen molar-refractivity contribution >= 4 is 19.4 Å². The number of hydrogen-bond acceptors (Lipinski definition) is 4. The number of nitrogens with zero attached hydrogens (tertiary/aromatic N) is 1. The summed E-state index contributed by atoms with van der Waals surface area (Å²) in [6.45, 7) is 0. The van der Waals surface area contributed by atoms with E-state index >= 15 is 0 Å². The van der Waals surface area contributed by atoms with E-state index < -0.39 is 7.60 Å². The minimum Gasteiger partial charge on any atom is -0.440 e. The fraction of sp³-hybridized carbons (Fsp3) is 0.400. The second-order valence-electron chi connectivity index (χ2n) is 2.13. The van der Waals surface area contributed by atoms with E-state index in [4.69, 9.17) is 14.2 Å². The smallest absolute Gasteiger partial charge is 0.331 e. The molecular formula is C5H8NO4PS. The fourth-order valence-corrected chi connectivity index (χ4v) is 1.59. The van der Waals surface area contributed by atoms with Gasteiger partial charge in [-0.3, -0.25) is 4.57 Å². The standard InChI is InChI=1S/C5H8NO4PS/c1-12-5-6-4(2-10-5)3-11(7,8)9/h2H,3H2,1H3,(H2,7,8,9). The van der Waals surface area contributed by atoms with Gasteiger partial charge >= 0.3 is 7.60 Å². The molecule has 2 N–H and O–H groups in total. The highest BCUT2D eigenvalue weighted by atomic mass is 32.2. The predicted molar refractivity (Wildman–Crippen MR) is 44.0 cm³/mol. The van der Waals surface area contributed by atoms with Crippen LogP contribution < -0.4 is 0 Å². The van der Waals surface area contributed by atoms with Crippen LogP contribution >= 0.6 is 19.4 Å². The monoisotopic (exact) mass is 209 g/mol. The first-order valence-electron chi connectivity index (χ1n) is 3.04. The molecule has 1 aromatic rings. The second-order valence-corrected chi connectivity index (χ2v) is 4.53. The topological polar surface area (TPSA) is 83.6 Å². The summed E-state index contributed by atoms with van der Waals surface area (Å²) in [6, 6.07) is 0. The van der Waals surface area contributed by atoms with Gasteiger partial charge in [0.05, 0.1) is 11.9 Å². The van der Waals surface area contributed by atoms with Crippen LogP contribution in [0.25, 0.3) is 0 Å². The Labute approximate surface area is 73.3 Å². The molecule has 0 saturated heterocycles. The van der Waals surface area contributed by atoms with Crippen LogP contribution in [0.2, 0.25) is 0 Å². The predicted octanol–water partition coefficient (Wildman–Crippen LogP) is 1.07. The van der Waals surface area contributed by atoms with Crippen molar-refractivity contribution in [2.45, 2.75) is 11.4 Å². The van der Waals surface area contributed by atoms with Gasteiger partial charge in [0.25, 0.3) is 5.22 Å². The Morgan fingerprint density at radius 1 is 1.75 bits per heavy atom. The van der Waals surface area contributed by atoms with E-state index in [0.29, 0.717) is 5.22 Å². The highest BCUT2D eigenvalue weighted by Gasteiger charge is 2.16. The molecule has 0 atom stereocenters. The average molecular weight is 209 g/mol. The van der Waals surface area contributed by atoms with Gasteiger partial charge in [-0.25, -0.2) is 4.98 Å². The summed E-state index contributed by atoms with van der Waals surface area (Å²) in [5.74, 6) is 0. The largest absolute Gasteiger partial charge is 0.440 e. The molecule has 5 nitrogen and oxygen atoms in total. The van der Waals surface area contributed by atoms with Gasteiger partial charge in [-0.2, -0.15) is 0 Å². The lowest BCUT2D eigenvalue weighted by Gasteiger charge is -1.97. The molecule has 0 unspecified atom stereocenters. The number of hydrogen-bond donors (Lipinski definition) is 2. The van der Waals surface area contributed by atoms with Gasteiger partial charge in [-0.15, -0.1) is 0 Å². The first kappa shape index (κ1) is 9.80. The van der Waals surface area contributed by atoms with Crippen molar-refractivity contribution < 1.29 is 18.8 Å². The van der Waals surface area contributed by atoms with Crippen LogP contribution in [0.15, 0.2) is 15.9 Å². The number of aromatic nitrogens is 1. The average Bonchev–Trinajstić information content (AvgIpc) is 2.32. The SMILES string of the molecule is CSc1nc(CP(=O)(O)O)co1. The Morgan fingerprint density at radius 2 is 2.42 bits per heavy atom. The summed E-state index contributed by atoms with van der Waals surface area (Å²) in [6.07, 6.45) is 2.66. The van der Waals surface area contributed by atoms with Gasteiger partial charge < -0.3 is 14.2 Å². The third-order valence-corrected chi connectivity index (χ3v) is 2.35. The molecule has 0 fully saturated rings. The molecule has 0 radical (unpaired) electrons. The number of rotatable bonds is 3. The molecule has 7 heteroatoms. The fourth-order valence-electron chi connectivity index (χ4n) is 0.666. The van der Waals surface area contributed by atoms with Crippen LogP contribution in [0, 0.1) is 0 Å². The summed E-state index contributed by atoms with van der Waals surface area (Å²) in [5.41, 5.74) is 0.285. The van der Waals surface area contributed by atoms with E-state index in [0.717, 1.165) is 0 Å². The summed E-state index contributed by atoms with van der Waals surface area (Å²) in [7, 11) is -4.02. The van der Waals surface area contributed by atoms with Crippen molar-refractivity contribution in [3.63, 3.8) is 0 Å². The third-order valence-electron chi connectivity index (χ3n) is 1.07. The molecule has 0 aliphatic rings. The quantitative estimate of drug-likeness (QED) is 0.572. The molecule has 1 heterocycles. The van der Waals surface area contributed by atoms with Crippen LogP contribution in [-0.4, -0.2) is 21.0 Å². The van der Waals surface area contributed by atoms with E-state index in [-0.39, 0.29) is 11.9 Å². The van der Waals surface area contributed by atoms with Crippen molar-refractivity contribution in [3.05, 3.63) is 12.0 Å². The van der Waals surface area contributed by atoms with Crippen LogP contribution in [-0.2, 0) is 10.7 Å². The summed E-state index contributed by atoms with van der Waals surface area (Å²) < 4.78 is 15.4. The van der Waals surface area contributed by atoms with Gasteiger partial charge in [0.15, 0.2) is 0 Å². The van der Waals surface area contributed by atoms with Crippen LogP contribution in [0.1, 0.15) is 5.69 Å². The highest BCUT2D eigenvalue weighted by molar-refractivity contribution is 7.98. The molecule has 0 bridgehead atoms. The second kappa shape index (κ2) is 3.62. The maximum atomic E-state index is 10.5. The maximum absolute atomic E-state index is 10.5. The normalized spacial score (nSPS) is 11.9. The van der Waals surface area contributed by atoms with Crippen molar-refractivity contribution in [1.82, 2.24) is 4.98 Å². The Morgan fingerprint density at radius 3 is 2.83 bits per heavy atom. The molecule has 1 rings (SSSR count). The molecule has 0 aliphatic carbocycles. The first-order valence-corrected chi connectivity index (χ1v) is 6.06. The van der Waals surface area contributed by atoms with Gasteiger partial charge in [-0.05, 0) is 6.26 Å². The maximum Gasteiger partial charge on any atom is 0.331 e. The van der Waals surface area contributed by atoms with Crippen molar-refractivity contribution in [2.75, 3.05) is 6.26 Å². The Bertz CT molecular complexity index is 306. The molecule has 0 spiro atoms. The number of oxazole rings is 1. The minimum absolute atomic E-state index is 0.285. The van der Waals surface area contributed by atoms with E-state index in [2.05, 4.69) is 4.98 Å². The first-order chi connectivity index (χ1) is 5.51. The van der Waals surface area contributed by atoms with Crippen molar-refractivity contribution in [3.8, 4) is 0 Å². The summed E-state index contributed by atoms with van der Waals surface area (Å²) in [4.78, 5) is 21.0. The molecule has 1 aromatic heterocycles. The zero-order chi connectivity index (χ0) is 9.19. The number of thioether (sulfide) groups is 1. The molecule has 0 saturated carbocycles. The van der Waals surface area contributed by atoms with Crippen molar-refractivity contribution in [1.29, 1.82) is 0 Å². The zero-order valence-electron chi connectivity index (χ0n) is 6.30. The lowest BCUT2D eigenvalue weighted by molar-refractivity contribution is 0.371. The Balaban J connectivity index is 2.71. The van der Waals surface area contributed by atoms with E-state index in [9.17, 15) is 4.57 Å². The lowest BCUT2D eigenvalue weighted by atomic mass is 10.6. The van der Waals surface area contributed by atoms with E-state index in [1.165, 1.54) is 18.0 Å². The summed E-state index contributed by atoms with van der Waals surface area (Å²) >= 11 is 1.28. The van der Waals surface area contributed by atoms with Crippen molar-refractivity contribution in [2.24, 2.45) is 0 Å². The van der Waals surface area contributed by atoms with Crippen LogP contribution in [0.4, 0.5) is 0 Å². The van der Waals surface area contributed by atoms with E-state index in [1.54, 1.807) is 6.26 Å². The van der Waals surface area contributed by atoms with Crippen LogP contribution in [0.3, 0.4) is 0 Å². The summed E-state index contributed by atoms with van der Waals surface area (Å²) in [5, 5.41) is 0.415. The van der Waals surface area contributed by atoms with Crippen LogP contribution in [0.5, 0.6) is 0 Å². The molecular weight excluding hydrogens is 201 g/mol. The molecule has 0 aliphatic heterocycles. The van der Waals surface area contributed by atoms with E-state index in [1.807, 2.05) is 0 Å². The van der Waals surface area contributed by atoms with Gasteiger partial charge in [0.1, 0.15) is 6.26 Å².